The Morgan fingerprint density at radius 2 is 1.74 bits per heavy atom. The Morgan fingerprint density at radius 3 is 2.41 bits per heavy atom. The van der Waals surface area contributed by atoms with Crippen LogP contribution < -0.4 is 22.3 Å². The zero-order valence-corrected chi connectivity index (χ0v) is 23.2. The number of hydroxylamine groups is 1. The van der Waals surface area contributed by atoms with Gasteiger partial charge in [0, 0.05) is 13.1 Å². The van der Waals surface area contributed by atoms with Crippen molar-refractivity contribution in [2.75, 3.05) is 19.6 Å². The van der Waals surface area contributed by atoms with Gasteiger partial charge >= 0.3 is 5.97 Å². The summed E-state index contributed by atoms with van der Waals surface area (Å²) in [4.78, 5) is 30.4. The van der Waals surface area contributed by atoms with E-state index in [9.17, 15) is 18.0 Å². The number of carbonyl (C=O) groups is 2. The summed E-state index contributed by atoms with van der Waals surface area (Å²) in [5, 5.41) is 10.7. The van der Waals surface area contributed by atoms with Crippen LogP contribution in [0.15, 0.2) is 59.5 Å². The predicted octanol–water partition coefficient (Wildman–Crippen LogP) is 1.95. The first-order chi connectivity index (χ1) is 18.6. The number of aryl methyl sites for hydroxylation is 1. The summed E-state index contributed by atoms with van der Waals surface area (Å²) >= 11 is 0. The highest BCUT2D eigenvalue weighted by atomic mass is 32.2. The van der Waals surface area contributed by atoms with Gasteiger partial charge in [-0.05, 0) is 62.4 Å². The Labute approximate surface area is 230 Å². The highest BCUT2D eigenvalue weighted by Crippen LogP contribution is 2.17. The minimum absolute atomic E-state index is 0.0228. The molecular weight excluding hydrogens is 520 g/mol. The molecule has 12 heteroatoms. The lowest BCUT2D eigenvalue weighted by Crippen LogP contribution is -2.46. The first-order valence-corrected chi connectivity index (χ1v) is 14.5. The van der Waals surface area contributed by atoms with Crippen molar-refractivity contribution in [2.45, 2.75) is 62.8 Å². The molecule has 1 atom stereocenters. The van der Waals surface area contributed by atoms with E-state index >= 15 is 0 Å². The fraction of sp³-hybridized carbons (Fsp3) is 0.444. The quantitative estimate of drug-likeness (QED) is 0.0842. The Morgan fingerprint density at radius 1 is 1.03 bits per heavy atom. The van der Waals surface area contributed by atoms with Gasteiger partial charge in [-0.2, -0.15) is 0 Å². The third kappa shape index (κ3) is 11.0. The van der Waals surface area contributed by atoms with Gasteiger partial charge in [-0.15, -0.1) is 5.48 Å². The van der Waals surface area contributed by atoms with E-state index in [1.807, 2.05) is 18.2 Å². The number of benzene rings is 2. The summed E-state index contributed by atoms with van der Waals surface area (Å²) in [7, 11) is -4.06. The number of rotatable bonds is 17. The average molecular weight is 561 g/mol. The Kier molecular flexibility index (Phi) is 13.4. The highest BCUT2D eigenvalue weighted by molar-refractivity contribution is 7.89. The molecule has 0 fully saturated rings. The molecule has 0 saturated carbocycles. The number of nitrogens with one attached hydrogen (secondary N) is 3. The highest BCUT2D eigenvalue weighted by Gasteiger charge is 2.27. The van der Waals surface area contributed by atoms with Crippen LogP contribution in [0.2, 0.25) is 0 Å². The van der Waals surface area contributed by atoms with Crippen LogP contribution in [-0.4, -0.2) is 56.2 Å². The van der Waals surface area contributed by atoms with Gasteiger partial charge in [0.05, 0.1) is 11.3 Å². The van der Waals surface area contributed by atoms with Crippen LogP contribution in [0.3, 0.4) is 0 Å². The molecule has 1 amide bonds. The van der Waals surface area contributed by atoms with Crippen molar-refractivity contribution >= 4 is 27.9 Å². The van der Waals surface area contributed by atoms with Crippen LogP contribution in [0.5, 0.6) is 0 Å². The molecule has 0 aliphatic carbocycles. The van der Waals surface area contributed by atoms with Gasteiger partial charge in [0.1, 0.15) is 6.04 Å². The van der Waals surface area contributed by atoms with E-state index in [2.05, 4.69) is 10.8 Å². The van der Waals surface area contributed by atoms with Gasteiger partial charge < -0.3 is 21.6 Å². The van der Waals surface area contributed by atoms with E-state index in [1.165, 1.54) is 12.1 Å². The molecule has 0 heterocycles. The fourth-order valence-corrected chi connectivity index (χ4v) is 5.32. The smallest absolute Gasteiger partial charge is 0.329 e. The first kappa shape index (κ1) is 31.7. The third-order valence-electron chi connectivity index (χ3n) is 5.95. The molecule has 0 saturated heterocycles. The normalized spacial score (nSPS) is 11.9. The lowest BCUT2D eigenvalue weighted by atomic mass is 10.1. The van der Waals surface area contributed by atoms with Crippen LogP contribution in [0.4, 0.5) is 0 Å². The Hall–Kier alpha value is -3.48. The summed E-state index contributed by atoms with van der Waals surface area (Å²) in [5.41, 5.74) is 15.2. The van der Waals surface area contributed by atoms with Gasteiger partial charge in [-0.1, -0.05) is 55.3 Å². The van der Waals surface area contributed by atoms with Gasteiger partial charge in [-0.25, -0.2) is 12.7 Å². The summed E-state index contributed by atoms with van der Waals surface area (Å²) in [6.07, 6.45) is 3.92. The van der Waals surface area contributed by atoms with E-state index in [4.69, 9.17) is 21.7 Å². The maximum atomic E-state index is 13.1. The Bertz CT molecular complexity index is 1180. The molecule has 2 aromatic carbocycles. The minimum atomic E-state index is -4.06. The van der Waals surface area contributed by atoms with Crippen molar-refractivity contribution in [1.82, 2.24) is 15.1 Å². The van der Waals surface area contributed by atoms with E-state index < -0.39 is 28.0 Å². The monoisotopic (exact) mass is 560 g/mol. The van der Waals surface area contributed by atoms with Gasteiger partial charge in [0.25, 0.3) is 10.0 Å². The molecule has 2 rings (SSSR count). The second-order valence-electron chi connectivity index (χ2n) is 9.22. The predicted molar refractivity (Wildman–Crippen MR) is 150 cm³/mol. The lowest BCUT2D eigenvalue weighted by Gasteiger charge is -2.24. The summed E-state index contributed by atoms with van der Waals surface area (Å²) in [6, 6.07) is 14.4. The molecular formula is C27H40N6O5S. The molecule has 0 spiro atoms. The molecule has 0 bridgehead atoms. The molecule has 39 heavy (non-hydrogen) atoms. The summed E-state index contributed by atoms with van der Waals surface area (Å²) < 4.78 is 27.0. The zero-order valence-electron chi connectivity index (χ0n) is 22.4. The van der Waals surface area contributed by atoms with Crippen molar-refractivity contribution in [3.8, 4) is 0 Å². The van der Waals surface area contributed by atoms with Crippen LogP contribution in [0.1, 0.15) is 49.7 Å². The summed E-state index contributed by atoms with van der Waals surface area (Å²) in [6.45, 7) is 2.71. The number of sulfonamides is 1. The van der Waals surface area contributed by atoms with Crippen molar-refractivity contribution in [3.05, 3.63) is 65.7 Å². The lowest BCUT2D eigenvalue weighted by molar-refractivity contribution is -0.154. The maximum absolute atomic E-state index is 13.1. The largest absolute Gasteiger partial charge is 0.370 e. The number of guanidine groups is 1. The topological polar surface area (TPSA) is 181 Å². The van der Waals surface area contributed by atoms with Crippen LogP contribution >= 0.6 is 0 Å². The van der Waals surface area contributed by atoms with Gasteiger partial charge in [0.2, 0.25) is 11.9 Å². The van der Waals surface area contributed by atoms with Crippen molar-refractivity contribution in [3.63, 3.8) is 0 Å². The number of nitrogens with two attached hydrogens (primary N) is 2. The molecule has 11 nitrogen and oxygen atoms in total. The number of amides is 1. The minimum Gasteiger partial charge on any atom is -0.370 e. The molecule has 2 aromatic rings. The molecule has 214 valence electrons. The van der Waals surface area contributed by atoms with E-state index in [0.29, 0.717) is 13.1 Å². The standard InChI is InChI=1S/C27H40N6O5S/c1-21-11-9-14-23(19-21)39(36,37)33(27(29)30)18-10-15-24(26(35)31-17-8-3-2-7-16-28)32-38-25(34)20-22-12-5-4-6-13-22/h4-6,9,11-14,19,24,32H,2-3,7-8,10,15-18,20,28H2,1H3,(H3,29,30)(H,31,35). The number of unbranched alkanes of at least 4 members (excludes halogenated alkanes) is 3. The number of hydrogen-bond acceptors (Lipinski definition) is 8. The first-order valence-electron chi connectivity index (χ1n) is 13.1. The molecule has 0 aliphatic heterocycles. The average Bonchev–Trinajstić information content (AvgIpc) is 2.90. The fourth-order valence-electron chi connectivity index (χ4n) is 3.85. The maximum Gasteiger partial charge on any atom is 0.329 e. The number of nitrogens with zero attached hydrogens (tertiary/aromatic N) is 1. The second kappa shape index (κ2) is 16.5. The summed E-state index contributed by atoms with van der Waals surface area (Å²) in [5.74, 6) is -1.57. The SMILES string of the molecule is Cc1cccc(S(=O)(=O)N(CCCC(NOC(=O)Cc2ccccc2)C(=O)NCCCCCCN)C(=N)N)c1. The van der Waals surface area contributed by atoms with Crippen molar-refractivity contribution in [1.29, 1.82) is 5.41 Å². The molecule has 0 aromatic heterocycles. The van der Waals surface area contributed by atoms with Crippen LogP contribution in [0.25, 0.3) is 0 Å². The molecule has 0 radical (unpaired) electrons. The van der Waals surface area contributed by atoms with Crippen LogP contribution in [0, 0.1) is 12.3 Å². The zero-order chi connectivity index (χ0) is 28.7. The van der Waals surface area contributed by atoms with Gasteiger partial charge in [0.15, 0.2) is 0 Å². The van der Waals surface area contributed by atoms with Crippen molar-refractivity contribution < 1.29 is 22.8 Å². The molecule has 7 N–H and O–H groups in total. The second-order valence-corrected chi connectivity index (χ2v) is 11.1. The van der Waals surface area contributed by atoms with Crippen molar-refractivity contribution in [2.24, 2.45) is 11.5 Å². The molecule has 0 aliphatic rings. The number of carbonyl (C=O) groups excluding carboxylic acids is 2. The van der Waals surface area contributed by atoms with E-state index in [1.54, 1.807) is 31.2 Å². The number of hydrogen-bond donors (Lipinski definition) is 5. The third-order valence-corrected chi connectivity index (χ3v) is 7.76. The van der Waals surface area contributed by atoms with Gasteiger partial charge in [-0.3, -0.25) is 15.0 Å². The Balaban J connectivity index is 2.01. The molecule has 1 unspecified atom stereocenters. The van der Waals surface area contributed by atoms with Crippen LogP contribution in [-0.2, 0) is 30.9 Å². The van der Waals surface area contributed by atoms with E-state index in [0.717, 1.165) is 41.1 Å². The van der Waals surface area contributed by atoms with E-state index in [-0.39, 0.29) is 36.6 Å².